The minimum Gasteiger partial charge on any atom is -0.207 e. The van der Waals surface area contributed by atoms with Crippen LogP contribution >= 0.6 is 23.4 Å². The number of sulfonamides is 1. The van der Waals surface area contributed by atoms with E-state index in [9.17, 15) is 12.8 Å². The maximum atomic E-state index is 13.4. The van der Waals surface area contributed by atoms with Crippen LogP contribution in [0, 0.1) is 5.82 Å². The Morgan fingerprint density at radius 2 is 2.26 bits per heavy atom. The summed E-state index contributed by atoms with van der Waals surface area (Å²) < 4.78 is 39.8. The quantitative estimate of drug-likeness (QED) is 0.803. The van der Waals surface area contributed by atoms with Gasteiger partial charge >= 0.3 is 0 Å². The zero-order chi connectivity index (χ0) is 14.0. The first-order chi connectivity index (χ1) is 8.95. The monoisotopic (exact) mass is 323 g/mol. The van der Waals surface area contributed by atoms with Crippen molar-refractivity contribution < 1.29 is 12.8 Å². The van der Waals surface area contributed by atoms with Gasteiger partial charge in [0.25, 0.3) is 0 Å². The van der Waals surface area contributed by atoms with Crippen molar-refractivity contribution in [2.24, 2.45) is 0 Å². The van der Waals surface area contributed by atoms with Crippen molar-refractivity contribution in [3.05, 3.63) is 29.6 Å². The molecule has 19 heavy (non-hydrogen) atoms. The standard InChI is InChI=1S/C12H15ClFNO2S2/c1-9-8-15(4-5-18-9)19(16,17)11-2-3-12(14)10(6-11)7-13/h2-3,6,9H,4-5,7-8H2,1H3. The molecule has 0 saturated carbocycles. The first-order valence-electron chi connectivity index (χ1n) is 5.91. The van der Waals surface area contributed by atoms with Crippen LogP contribution in [0.1, 0.15) is 12.5 Å². The van der Waals surface area contributed by atoms with Crippen molar-refractivity contribution in [2.75, 3.05) is 18.8 Å². The Morgan fingerprint density at radius 3 is 2.89 bits per heavy atom. The van der Waals surface area contributed by atoms with Crippen LogP contribution in [0.2, 0.25) is 0 Å². The molecule has 1 atom stereocenters. The molecule has 3 nitrogen and oxygen atoms in total. The summed E-state index contributed by atoms with van der Waals surface area (Å²) in [6.07, 6.45) is 0. The average Bonchev–Trinajstić information content (AvgIpc) is 2.39. The minimum absolute atomic E-state index is 0.0402. The Labute approximate surface area is 122 Å². The fourth-order valence-electron chi connectivity index (χ4n) is 1.97. The van der Waals surface area contributed by atoms with Gasteiger partial charge in [-0.05, 0) is 18.2 Å². The second-order valence-electron chi connectivity index (χ2n) is 4.43. The maximum absolute atomic E-state index is 13.4. The molecule has 1 saturated heterocycles. The third-order valence-electron chi connectivity index (χ3n) is 3.00. The second-order valence-corrected chi connectivity index (χ2v) is 8.18. The Hall–Kier alpha value is -0.300. The highest BCUT2D eigenvalue weighted by Crippen LogP contribution is 2.25. The lowest BCUT2D eigenvalue weighted by Crippen LogP contribution is -2.40. The van der Waals surface area contributed by atoms with Crippen molar-refractivity contribution in [1.82, 2.24) is 4.31 Å². The molecule has 1 heterocycles. The SMILES string of the molecule is CC1CN(S(=O)(=O)c2ccc(F)c(CCl)c2)CCS1. The van der Waals surface area contributed by atoms with Crippen LogP contribution in [-0.2, 0) is 15.9 Å². The summed E-state index contributed by atoms with van der Waals surface area (Å²) in [5.41, 5.74) is 0.210. The third kappa shape index (κ3) is 3.24. The molecule has 7 heteroatoms. The van der Waals surface area contributed by atoms with Gasteiger partial charge in [0, 0.05) is 29.7 Å². The highest BCUT2D eigenvalue weighted by atomic mass is 35.5. The summed E-state index contributed by atoms with van der Waals surface area (Å²) in [5.74, 6) is 0.266. The zero-order valence-electron chi connectivity index (χ0n) is 10.5. The van der Waals surface area contributed by atoms with Gasteiger partial charge in [0.2, 0.25) is 10.0 Å². The van der Waals surface area contributed by atoms with Crippen LogP contribution in [-0.4, -0.2) is 36.8 Å². The molecule has 2 rings (SSSR count). The molecule has 1 aliphatic heterocycles. The van der Waals surface area contributed by atoms with Crippen molar-refractivity contribution in [3.8, 4) is 0 Å². The number of nitrogens with zero attached hydrogens (tertiary/aromatic N) is 1. The molecule has 1 aromatic carbocycles. The van der Waals surface area contributed by atoms with Gasteiger partial charge in [-0.3, -0.25) is 0 Å². The predicted octanol–water partition coefficient (Wildman–Crippen LogP) is 2.69. The fourth-order valence-corrected chi connectivity index (χ4v) is 4.98. The third-order valence-corrected chi connectivity index (χ3v) is 6.29. The molecule has 0 aliphatic carbocycles. The summed E-state index contributed by atoms with van der Waals surface area (Å²) >= 11 is 7.37. The van der Waals surface area contributed by atoms with E-state index in [0.717, 1.165) is 11.8 Å². The molecular weight excluding hydrogens is 309 g/mol. The number of hydrogen-bond acceptors (Lipinski definition) is 3. The van der Waals surface area contributed by atoms with Crippen LogP contribution in [0.25, 0.3) is 0 Å². The van der Waals surface area contributed by atoms with Crippen molar-refractivity contribution >= 4 is 33.4 Å². The van der Waals surface area contributed by atoms with Crippen LogP contribution in [0.15, 0.2) is 23.1 Å². The molecule has 0 aromatic heterocycles. The maximum Gasteiger partial charge on any atom is 0.243 e. The smallest absolute Gasteiger partial charge is 0.207 e. The zero-order valence-corrected chi connectivity index (χ0v) is 12.9. The number of halogens is 2. The summed E-state index contributed by atoms with van der Waals surface area (Å²) in [5, 5.41) is 0.275. The summed E-state index contributed by atoms with van der Waals surface area (Å²) in [7, 11) is -3.55. The number of alkyl halides is 1. The highest BCUT2D eigenvalue weighted by molar-refractivity contribution is 8.00. The molecule has 0 spiro atoms. The largest absolute Gasteiger partial charge is 0.243 e. The van der Waals surface area contributed by atoms with E-state index in [0.29, 0.717) is 13.1 Å². The summed E-state index contributed by atoms with van der Waals surface area (Å²) in [4.78, 5) is 0.114. The first-order valence-corrected chi connectivity index (χ1v) is 8.93. The molecule has 1 aromatic rings. The lowest BCUT2D eigenvalue weighted by atomic mass is 10.2. The van der Waals surface area contributed by atoms with Gasteiger partial charge in [-0.15, -0.1) is 11.6 Å². The molecule has 0 N–H and O–H groups in total. The predicted molar refractivity (Wildman–Crippen MR) is 76.6 cm³/mol. The van der Waals surface area contributed by atoms with Crippen LogP contribution in [0.4, 0.5) is 4.39 Å². The summed E-state index contributed by atoms with van der Waals surface area (Å²) in [6.45, 7) is 2.98. The minimum atomic E-state index is -3.55. The fraction of sp³-hybridized carbons (Fsp3) is 0.500. The van der Waals surface area contributed by atoms with E-state index in [1.807, 2.05) is 6.92 Å². The normalized spacial score (nSPS) is 21.5. The van der Waals surface area contributed by atoms with Gasteiger partial charge in [0.15, 0.2) is 0 Å². The van der Waals surface area contributed by atoms with Gasteiger partial charge in [-0.25, -0.2) is 12.8 Å². The van der Waals surface area contributed by atoms with E-state index in [1.54, 1.807) is 11.8 Å². The summed E-state index contributed by atoms with van der Waals surface area (Å²) in [6, 6.07) is 3.78. The van der Waals surface area contributed by atoms with E-state index < -0.39 is 15.8 Å². The molecular formula is C12H15ClFNO2S2. The number of hydrogen-bond donors (Lipinski definition) is 0. The van der Waals surface area contributed by atoms with E-state index in [1.165, 1.54) is 16.4 Å². The lowest BCUT2D eigenvalue weighted by Gasteiger charge is -2.29. The van der Waals surface area contributed by atoms with Crippen LogP contribution in [0.3, 0.4) is 0 Å². The van der Waals surface area contributed by atoms with Crippen molar-refractivity contribution in [2.45, 2.75) is 22.9 Å². The van der Waals surface area contributed by atoms with E-state index >= 15 is 0 Å². The number of benzene rings is 1. The number of thioether (sulfide) groups is 1. The van der Waals surface area contributed by atoms with Gasteiger partial charge in [0.1, 0.15) is 5.82 Å². The molecule has 0 amide bonds. The van der Waals surface area contributed by atoms with Crippen molar-refractivity contribution in [3.63, 3.8) is 0 Å². The van der Waals surface area contributed by atoms with E-state index in [-0.39, 0.29) is 21.6 Å². The van der Waals surface area contributed by atoms with Crippen LogP contribution in [0.5, 0.6) is 0 Å². The highest BCUT2D eigenvalue weighted by Gasteiger charge is 2.29. The topological polar surface area (TPSA) is 37.4 Å². The molecule has 1 unspecified atom stereocenters. The van der Waals surface area contributed by atoms with E-state index in [4.69, 9.17) is 11.6 Å². The Kier molecular flexibility index (Phi) is 4.76. The molecule has 1 aliphatic rings. The van der Waals surface area contributed by atoms with Gasteiger partial charge < -0.3 is 0 Å². The Morgan fingerprint density at radius 1 is 1.53 bits per heavy atom. The second kappa shape index (κ2) is 5.99. The average molecular weight is 324 g/mol. The Balaban J connectivity index is 2.33. The lowest BCUT2D eigenvalue weighted by molar-refractivity contribution is 0.424. The van der Waals surface area contributed by atoms with Crippen LogP contribution < -0.4 is 0 Å². The molecule has 106 valence electrons. The molecule has 0 radical (unpaired) electrons. The van der Waals surface area contributed by atoms with Crippen molar-refractivity contribution in [1.29, 1.82) is 0 Å². The van der Waals surface area contributed by atoms with Gasteiger partial charge in [-0.1, -0.05) is 6.92 Å². The van der Waals surface area contributed by atoms with Gasteiger partial charge in [0.05, 0.1) is 10.8 Å². The Bertz CT molecular complexity index is 565. The molecule has 1 fully saturated rings. The van der Waals surface area contributed by atoms with E-state index in [2.05, 4.69) is 0 Å². The number of rotatable bonds is 3. The van der Waals surface area contributed by atoms with Gasteiger partial charge in [-0.2, -0.15) is 16.1 Å². The first kappa shape index (κ1) is 15.1. The molecule has 0 bridgehead atoms.